The van der Waals surface area contributed by atoms with Gasteiger partial charge in [-0.3, -0.25) is 16.5 Å². The lowest BCUT2D eigenvalue weighted by atomic mass is 10.3. The summed E-state index contributed by atoms with van der Waals surface area (Å²) < 4.78 is 0. The lowest BCUT2D eigenvalue weighted by molar-refractivity contribution is -0.461. The molecular formula is C5H16N4+2. The molecule has 0 aromatic heterocycles. The van der Waals surface area contributed by atoms with Gasteiger partial charge in [-0.05, 0) is 12.8 Å². The van der Waals surface area contributed by atoms with E-state index in [1.165, 1.54) is 0 Å². The lowest BCUT2D eigenvalue weighted by Crippen LogP contribution is -2.78. The van der Waals surface area contributed by atoms with E-state index in [-0.39, 0.29) is 0 Å². The first-order chi connectivity index (χ1) is 4.27. The monoisotopic (exact) mass is 132 g/mol. The van der Waals surface area contributed by atoms with Crippen LogP contribution in [0.2, 0.25) is 0 Å². The zero-order chi connectivity index (χ0) is 7.11. The Labute approximate surface area is 55.1 Å². The second-order valence-electron chi connectivity index (χ2n) is 1.94. The zero-order valence-corrected chi connectivity index (χ0v) is 5.69. The Morgan fingerprint density at radius 3 is 2.44 bits per heavy atom. The van der Waals surface area contributed by atoms with Crippen LogP contribution in [-0.4, -0.2) is 19.0 Å². The zero-order valence-electron chi connectivity index (χ0n) is 5.69. The van der Waals surface area contributed by atoms with Gasteiger partial charge in [0, 0.05) is 0 Å². The minimum atomic E-state index is 0.305. The van der Waals surface area contributed by atoms with E-state index in [1.807, 2.05) is 0 Å². The number of rotatable bonds is 4. The van der Waals surface area contributed by atoms with Gasteiger partial charge in [-0.15, -0.1) is 0 Å². The first kappa shape index (κ1) is 8.23. The van der Waals surface area contributed by atoms with Crippen molar-refractivity contribution in [1.29, 1.82) is 0 Å². The van der Waals surface area contributed by atoms with Crippen molar-refractivity contribution in [2.24, 2.45) is 11.5 Å². The van der Waals surface area contributed by atoms with Gasteiger partial charge < -0.3 is 5.73 Å². The van der Waals surface area contributed by atoms with Gasteiger partial charge in [-0.1, -0.05) is 0 Å². The molecule has 4 heteroatoms. The topological polar surface area (TPSA) is 93.7 Å². The van der Waals surface area contributed by atoms with Crippen LogP contribution in [0.1, 0.15) is 12.8 Å². The SMILES string of the molecule is NC(N)=[NH+]CCCC[NH3+]. The molecule has 0 aromatic rings. The van der Waals surface area contributed by atoms with Crippen LogP contribution in [-0.2, 0) is 0 Å². The molecule has 54 valence electrons. The van der Waals surface area contributed by atoms with Crippen LogP contribution in [0.3, 0.4) is 0 Å². The fourth-order valence-corrected chi connectivity index (χ4v) is 0.535. The summed E-state index contributed by atoms with van der Waals surface area (Å²) >= 11 is 0. The molecule has 0 fully saturated rings. The van der Waals surface area contributed by atoms with Crippen LogP contribution in [0.4, 0.5) is 0 Å². The average Bonchev–Trinajstić information content (AvgIpc) is 1.80. The Balaban J connectivity index is 3.00. The van der Waals surface area contributed by atoms with Gasteiger partial charge in [0.1, 0.15) is 0 Å². The second-order valence-corrected chi connectivity index (χ2v) is 1.94. The van der Waals surface area contributed by atoms with E-state index in [2.05, 4.69) is 10.7 Å². The number of nitrogens with two attached hydrogens (primary N) is 2. The van der Waals surface area contributed by atoms with Gasteiger partial charge in [-0.25, -0.2) is 0 Å². The van der Waals surface area contributed by atoms with Gasteiger partial charge in [-0.2, -0.15) is 0 Å². The van der Waals surface area contributed by atoms with Crippen molar-refractivity contribution in [2.45, 2.75) is 12.8 Å². The van der Waals surface area contributed by atoms with Crippen molar-refractivity contribution in [2.75, 3.05) is 13.1 Å². The average molecular weight is 132 g/mol. The van der Waals surface area contributed by atoms with Crippen molar-refractivity contribution in [3.8, 4) is 0 Å². The van der Waals surface area contributed by atoms with E-state index in [9.17, 15) is 0 Å². The highest BCUT2D eigenvalue weighted by Gasteiger charge is 1.87. The van der Waals surface area contributed by atoms with E-state index < -0.39 is 0 Å². The highest BCUT2D eigenvalue weighted by Crippen LogP contribution is 1.75. The predicted octanol–water partition coefficient (Wildman–Crippen LogP) is -3.64. The largest absolute Gasteiger partial charge is 0.358 e. The van der Waals surface area contributed by atoms with Gasteiger partial charge in [0.2, 0.25) is 0 Å². The van der Waals surface area contributed by atoms with Crippen molar-refractivity contribution in [3.05, 3.63) is 0 Å². The van der Waals surface area contributed by atoms with Crippen LogP contribution < -0.4 is 22.2 Å². The molecule has 0 aliphatic carbocycles. The normalized spacial score (nSPS) is 9.00. The molecule has 0 spiro atoms. The standard InChI is InChI=1S/C5H14N4/c6-3-1-2-4-9-5(7)8/h1-4,6H2,(H4,7,8,9)/p+2. The Morgan fingerprint density at radius 2 is 2.00 bits per heavy atom. The minimum Gasteiger partial charge on any atom is -0.358 e. The van der Waals surface area contributed by atoms with E-state index in [4.69, 9.17) is 11.5 Å². The first-order valence-corrected chi connectivity index (χ1v) is 3.18. The highest BCUT2D eigenvalue weighted by molar-refractivity contribution is 5.69. The Morgan fingerprint density at radius 1 is 1.33 bits per heavy atom. The molecule has 0 atom stereocenters. The molecule has 0 unspecified atom stereocenters. The van der Waals surface area contributed by atoms with E-state index in [0.29, 0.717) is 5.96 Å². The number of hydrogen-bond acceptors (Lipinski definition) is 0. The van der Waals surface area contributed by atoms with Crippen molar-refractivity contribution >= 4 is 5.96 Å². The molecule has 0 aliphatic rings. The van der Waals surface area contributed by atoms with Crippen LogP contribution in [0.5, 0.6) is 0 Å². The summed E-state index contributed by atoms with van der Waals surface area (Å²) in [5, 5.41) is 0. The maximum atomic E-state index is 5.14. The summed E-state index contributed by atoms with van der Waals surface area (Å²) in [5.74, 6) is 0.305. The minimum absolute atomic E-state index is 0.305. The second kappa shape index (κ2) is 5.37. The van der Waals surface area contributed by atoms with Gasteiger partial charge in [0.25, 0.3) is 0 Å². The molecule has 0 saturated heterocycles. The molecule has 0 rings (SSSR count). The summed E-state index contributed by atoms with van der Waals surface area (Å²) in [5.41, 5.74) is 14.0. The smallest absolute Gasteiger partial charge is 0.338 e. The molecule has 8 N–H and O–H groups in total. The van der Waals surface area contributed by atoms with E-state index in [0.717, 1.165) is 25.9 Å². The van der Waals surface area contributed by atoms with Crippen molar-refractivity contribution < 1.29 is 10.7 Å². The fourth-order valence-electron chi connectivity index (χ4n) is 0.535. The molecule has 0 bridgehead atoms. The van der Waals surface area contributed by atoms with Crippen LogP contribution in [0, 0.1) is 0 Å². The summed E-state index contributed by atoms with van der Waals surface area (Å²) in [7, 11) is 0. The number of quaternary nitrogens is 1. The molecule has 9 heavy (non-hydrogen) atoms. The Bertz CT molecular complexity index is 85.0. The first-order valence-electron chi connectivity index (χ1n) is 3.18. The molecule has 0 aliphatic heterocycles. The highest BCUT2D eigenvalue weighted by atomic mass is 15.0. The van der Waals surface area contributed by atoms with Gasteiger partial charge >= 0.3 is 5.96 Å². The molecule has 0 aromatic carbocycles. The molecule has 0 radical (unpaired) electrons. The van der Waals surface area contributed by atoms with E-state index in [1.54, 1.807) is 0 Å². The molecule has 0 heterocycles. The summed E-state index contributed by atoms with van der Waals surface area (Å²) in [4.78, 5) is 2.82. The number of guanidine groups is 1. The molecular weight excluding hydrogens is 116 g/mol. The maximum Gasteiger partial charge on any atom is 0.338 e. The van der Waals surface area contributed by atoms with Crippen LogP contribution >= 0.6 is 0 Å². The summed E-state index contributed by atoms with van der Waals surface area (Å²) in [6, 6.07) is 0. The van der Waals surface area contributed by atoms with Crippen molar-refractivity contribution in [3.63, 3.8) is 0 Å². The van der Waals surface area contributed by atoms with E-state index >= 15 is 0 Å². The molecule has 4 nitrogen and oxygen atoms in total. The van der Waals surface area contributed by atoms with Crippen LogP contribution in [0.15, 0.2) is 0 Å². The third kappa shape index (κ3) is 7.23. The molecule has 0 saturated carbocycles. The van der Waals surface area contributed by atoms with Crippen LogP contribution in [0.25, 0.3) is 0 Å². The Hall–Kier alpha value is -0.770. The quantitative estimate of drug-likeness (QED) is 0.180. The molecule has 0 amide bonds. The number of hydrogen-bond donors (Lipinski definition) is 4. The lowest BCUT2D eigenvalue weighted by Gasteiger charge is -1.88. The summed E-state index contributed by atoms with van der Waals surface area (Å²) in [6.45, 7) is 1.84. The van der Waals surface area contributed by atoms with Crippen molar-refractivity contribution in [1.82, 2.24) is 0 Å². The Kier molecular flexibility index (Phi) is 4.91. The maximum absolute atomic E-state index is 5.14. The third-order valence-corrected chi connectivity index (χ3v) is 1.01. The third-order valence-electron chi connectivity index (χ3n) is 1.01. The number of nitrogens with one attached hydrogen (secondary N) is 1. The van der Waals surface area contributed by atoms with Gasteiger partial charge in [0.15, 0.2) is 0 Å². The summed E-state index contributed by atoms with van der Waals surface area (Å²) in [6.07, 6.45) is 2.21. The van der Waals surface area contributed by atoms with Gasteiger partial charge in [0.05, 0.1) is 13.1 Å². The predicted molar refractivity (Wildman–Crippen MR) is 36.2 cm³/mol. The fraction of sp³-hybridized carbons (Fsp3) is 0.800. The number of unbranched alkanes of at least 4 members (excludes halogenated alkanes) is 1.